The molecule has 0 aliphatic heterocycles. The lowest BCUT2D eigenvalue weighted by Crippen LogP contribution is -2.20. The van der Waals surface area contributed by atoms with E-state index in [4.69, 9.17) is 11.6 Å². The highest BCUT2D eigenvalue weighted by atomic mass is 35.5. The molecular weight excluding hydrogens is 431 g/mol. The second-order valence-electron chi connectivity index (χ2n) is 6.61. The maximum Gasteiger partial charge on any atom is 0.573 e. The summed E-state index contributed by atoms with van der Waals surface area (Å²) in [4.78, 5) is 15.8. The van der Waals surface area contributed by atoms with Gasteiger partial charge in [-0.1, -0.05) is 29.8 Å². The Morgan fingerprint density at radius 2 is 1.68 bits per heavy atom. The Labute approximate surface area is 179 Å². The number of urea groups is 1. The number of aromatic nitrogens is 1. The summed E-state index contributed by atoms with van der Waals surface area (Å²) in [7, 11) is 0. The highest BCUT2D eigenvalue weighted by molar-refractivity contribution is 6.31. The lowest BCUT2D eigenvalue weighted by molar-refractivity contribution is -0.274. The molecule has 1 heterocycles. The van der Waals surface area contributed by atoms with Gasteiger partial charge in [-0.3, -0.25) is 0 Å². The van der Waals surface area contributed by atoms with E-state index in [1.807, 2.05) is 30.3 Å². The van der Waals surface area contributed by atoms with Crippen molar-refractivity contribution in [2.45, 2.75) is 6.36 Å². The van der Waals surface area contributed by atoms with Crippen LogP contribution >= 0.6 is 11.6 Å². The van der Waals surface area contributed by atoms with Crippen LogP contribution in [0.25, 0.3) is 22.2 Å². The van der Waals surface area contributed by atoms with Gasteiger partial charge in [0.15, 0.2) is 0 Å². The van der Waals surface area contributed by atoms with Crippen molar-refractivity contribution in [1.29, 1.82) is 0 Å². The zero-order valence-electron chi connectivity index (χ0n) is 15.8. The third-order valence-corrected chi connectivity index (χ3v) is 4.63. The molecule has 0 saturated heterocycles. The number of carbonyl (C=O) groups excluding carboxylic acids is 1. The van der Waals surface area contributed by atoms with Gasteiger partial charge in [-0.05, 0) is 54.6 Å². The molecule has 9 heteroatoms. The molecule has 4 aromatic rings. The number of fused-ring (bicyclic) bond motifs is 1. The van der Waals surface area contributed by atoms with E-state index < -0.39 is 12.4 Å². The largest absolute Gasteiger partial charge is 0.573 e. The number of benzene rings is 3. The minimum Gasteiger partial charge on any atom is -0.406 e. The summed E-state index contributed by atoms with van der Waals surface area (Å²) < 4.78 is 40.6. The Balaban J connectivity index is 1.52. The average Bonchev–Trinajstić information content (AvgIpc) is 3.12. The number of rotatable bonds is 4. The number of carbonyl (C=O) groups is 1. The van der Waals surface area contributed by atoms with Gasteiger partial charge in [0, 0.05) is 32.9 Å². The molecule has 0 bridgehead atoms. The summed E-state index contributed by atoms with van der Waals surface area (Å²) in [6, 6.07) is 19.1. The molecule has 1 aromatic heterocycles. The van der Waals surface area contributed by atoms with Crippen molar-refractivity contribution >= 4 is 39.9 Å². The van der Waals surface area contributed by atoms with E-state index in [9.17, 15) is 18.0 Å². The Morgan fingerprint density at radius 1 is 0.935 bits per heavy atom. The van der Waals surface area contributed by atoms with Crippen LogP contribution in [-0.2, 0) is 0 Å². The Hall–Kier alpha value is -3.65. The van der Waals surface area contributed by atoms with E-state index in [1.54, 1.807) is 18.2 Å². The monoisotopic (exact) mass is 445 g/mol. The van der Waals surface area contributed by atoms with Crippen LogP contribution in [0.1, 0.15) is 0 Å². The Morgan fingerprint density at radius 3 is 2.39 bits per heavy atom. The first kappa shape index (κ1) is 20.6. The molecule has 31 heavy (non-hydrogen) atoms. The number of halogens is 4. The van der Waals surface area contributed by atoms with Gasteiger partial charge in [-0.25, -0.2) is 4.79 Å². The smallest absolute Gasteiger partial charge is 0.406 e. The predicted molar refractivity (Wildman–Crippen MR) is 115 cm³/mol. The number of hydrogen-bond donors (Lipinski definition) is 3. The zero-order chi connectivity index (χ0) is 22.0. The summed E-state index contributed by atoms with van der Waals surface area (Å²) in [6.45, 7) is 0. The third-order valence-electron chi connectivity index (χ3n) is 4.40. The van der Waals surface area contributed by atoms with Crippen LogP contribution in [0, 0.1) is 0 Å². The van der Waals surface area contributed by atoms with E-state index in [-0.39, 0.29) is 5.75 Å². The second-order valence-corrected chi connectivity index (χ2v) is 7.05. The molecule has 0 aliphatic carbocycles. The summed E-state index contributed by atoms with van der Waals surface area (Å²) in [5.41, 5.74) is 3.23. The predicted octanol–water partition coefficient (Wildman–Crippen LogP) is 7.03. The van der Waals surface area contributed by atoms with Crippen molar-refractivity contribution in [3.8, 4) is 17.0 Å². The minimum absolute atomic E-state index is 0.293. The van der Waals surface area contributed by atoms with Gasteiger partial charge in [0.05, 0.1) is 5.69 Å². The lowest BCUT2D eigenvalue weighted by atomic mass is 10.1. The molecule has 5 nitrogen and oxygen atoms in total. The number of alkyl halides is 3. The molecule has 0 radical (unpaired) electrons. The van der Waals surface area contributed by atoms with Crippen molar-refractivity contribution < 1.29 is 22.7 Å². The summed E-state index contributed by atoms with van der Waals surface area (Å²) in [6.07, 6.45) is -4.78. The standard InChI is InChI=1S/C22H15ClF3N3O2/c23-14-5-10-17(19-11-13-3-1-2-4-18(13)28-19)20(12-14)29-21(30)27-15-6-8-16(9-7-15)31-22(24,25)26/h1-12,28H,(H2,27,29,30). The molecule has 4 rings (SSSR count). The molecule has 0 atom stereocenters. The van der Waals surface area contributed by atoms with E-state index >= 15 is 0 Å². The Bertz CT molecular complexity index is 1200. The first-order valence-corrected chi connectivity index (χ1v) is 9.46. The van der Waals surface area contributed by atoms with Gasteiger partial charge < -0.3 is 20.4 Å². The molecule has 3 aromatic carbocycles. The molecule has 0 saturated carbocycles. The quantitative estimate of drug-likeness (QED) is 0.315. The maximum absolute atomic E-state index is 12.5. The normalized spacial score (nSPS) is 11.4. The highest BCUT2D eigenvalue weighted by Crippen LogP contribution is 2.32. The van der Waals surface area contributed by atoms with Crippen LogP contribution in [0.4, 0.5) is 29.3 Å². The summed E-state index contributed by atoms with van der Waals surface area (Å²) in [5, 5.41) is 6.75. The molecule has 158 valence electrons. The van der Waals surface area contributed by atoms with Crippen LogP contribution in [0.5, 0.6) is 5.75 Å². The number of amides is 2. The fraction of sp³-hybridized carbons (Fsp3) is 0.0455. The van der Waals surface area contributed by atoms with Crippen LogP contribution in [-0.4, -0.2) is 17.4 Å². The van der Waals surface area contributed by atoms with Gasteiger partial charge in [0.2, 0.25) is 0 Å². The van der Waals surface area contributed by atoms with Crippen molar-refractivity contribution in [3.63, 3.8) is 0 Å². The molecule has 3 N–H and O–H groups in total. The van der Waals surface area contributed by atoms with Crippen molar-refractivity contribution in [2.75, 3.05) is 10.6 Å². The van der Waals surface area contributed by atoms with Crippen LogP contribution in [0.3, 0.4) is 0 Å². The number of para-hydroxylation sites is 1. The van der Waals surface area contributed by atoms with E-state index in [0.29, 0.717) is 16.4 Å². The van der Waals surface area contributed by atoms with Gasteiger partial charge in [-0.2, -0.15) is 0 Å². The highest BCUT2D eigenvalue weighted by Gasteiger charge is 2.31. The van der Waals surface area contributed by atoms with Crippen LogP contribution in [0.2, 0.25) is 5.02 Å². The van der Waals surface area contributed by atoms with Crippen molar-refractivity contribution in [1.82, 2.24) is 4.98 Å². The average molecular weight is 446 g/mol. The molecule has 2 amide bonds. The van der Waals surface area contributed by atoms with E-state index in [2.05, 4.69) is 20.4 Å². The van der Waals surface area contributed by atoms with Gasteiger partial charge in [0.1, 0.15) is 5.75 Å². The molecule has 0 fully saturated rings. The van der Waals surface area contributed by atoms with Gasteiger partial charge >= 0.3 is 12.4 Å². The van der Waals surface area contributed by atoms with Crippen LogP contribution in [0.15, 0.2) is 72.8 Å². The molecular formula is C22H15ClF3N3O2. The Kier molecular flexibility index (Phi) is 5.48. The number of H-pyrrole nitrogens is 1. The molecule has 0 spiro atoms. The third kappa shape index (κ3) is 5.10. The summed E-state index contributed by atoms with van der Waals surface area (Å²) in [5.74, 6) is -0.380. The fourth-order valence-corrected chi connectivity index (χ4v) is 3.27. The number of aromatic amines is 1. The van der Waals surface area contributed by atoms with Crippen molar-refractivity contribution in [3.05, 3.63) is 77.8 Å². The zero-order valence-corrected chi connectivity index (χ0v) is 16.5. The van der Waals surface area contributed by atoms with Gasteiger partial charge in [0.25, 0.3) is 0 Å². The number of ether oxygens (including phenoxy) is 1. The van der Waals surface area contributed by atoms with Crippen molar-refractivity contribution in [2.24, 2.45) is 0 Å². The fourth-order valence-electron chi connectivity index (χ4n) is 3.10. The number of nitrogens with one attached hydrogen (secondary N) is 3. The maximum atomic E-state index is 12.5. The number of anilines is 2. The van der Waals surface area contributed by atoms with E-state index in [1.165, 1.54) is 12.1 Å². The number of hydrogen-bond acceptors (Lipinski definition) is 2. The lowest BCUT2D eigenvalue weighted by Gasteiger charge is -2.13. The topological polar surface area (TPSA) is 66.2 Å². The van der Waals surface area contributed by atoms with Gasteiger partial charge in [-0.15, -0.1) is 13.2 Å². The first-order valence-electron chi connectivity index (χ1n) is 9.08. The molecule has 0 aliphatic rings. The SMILES string of the molecule is O=C(Nc1ccc(OC(F)(F)F)cc1)Nc1cc(Cl)ccc1-c1cc2ccccc2[nH]1. The van der Waals surface area contributed by atoms with E-state index in [0.717, 1.165) is 34.3 Å². The van der Waals surface area contributed by atoms with Crippen LogP contribution < -0.4 is 15.4 Å². The molecule has 0 unspecified atom stereocenters. The first-order chi connectivity index (χ1) is 14.8. The summed E-state index contributed by atoms with van der Waals surface area (Å²) >= 11 is 6.11. The second kappa shape index (κ2) is 8.23. The minimum atomic E-state index is -4.78.